The van der Waals surface area contributed by atoms with Crippen molar-refractivity contribution in [2.45, 2.75) is 18.9 Å². The number of amides is 1. The first-order valence-corrected chi connectivity index (χ1v) is 8.04. The highest BCUT2D eigenvalue weighted by atomic mass is 16.5. The van der Waals surface area contributed by atoms with E-state index >= 15 is 0 Å². The van der Waals surface area contributed by atoms with Crippen molar-refractivity contribution in [3.63, 3.8) is 0 Å². The summed E-state index contributed by atoms with van der Waals surface area (Å²) in [6, 6.07) is 17.7. The van der Waals surface area contributed by atoms with Crippen LogP contribution < -0.4 is 10.5 Å². The molecule has 4 heteroatoms. The van der Waals surface area contributed by atoms with Crippen LogP contribution in [0.4, 0.5) is 0 Å². The molecular weight excluding hydrogens is 288 g/mol. The summed E-state index contributed by atoms with van der Waals surface area (Å²) in [6.07, 6.45) is 1.72. The highest BCUT2D eigenvalue weighted by molar-refractivity contribution is 5.94. The van der Waals surface area contributed by atoms with Gasteiger partial charge in [0.15, 0.2) is 0 Å². The Morgan fingerprint density at radius 3 is 2.74 bits per heavy atom. The number of hydrogen-bond donors (Lipinski definition) is 1. The fraction of sp³-hybridized carbons (Fsp3) is 0.316. The Hall–Kier alpha value is -2.33. The van der Waals surface area contributed by atoms with Gasteiger partial charge in [0.2, 0.25) is 0 Å². The van der Waals surface area contributed by atoms with Gasteiger partial charge in [0.05, 0.1) is 6.61 Å². The first kappa shape index (κ1) is 15.6. The number of nitrogens with zero attached hydrogens (tertiary/aromatic N) is 1. The molecule has 4 nitrogen and oxygen atoms in total. The monoisotopic (exact) mass is 310 g/mol. The van der Waals surface area contributed by atoms with Gasteiger partial charge in [-0.05, 0) is 30.2 Å². The van der Waals surface area contributed by atoms with E-state index in [4.69, 9.17) is 10.5 Å². The van der Waals surface area contributed by atoms with Gasteiger partial charge in [-0.15, -0.1) is 0 Å². The topological polar surface area (TPSA) is 55.6 Å². The molecule has 1 heterocycles. The predicted molar refractivity (Wildman–Crippen MR) is 90.6 cm³/mol. The lowest BCUT2D eigenvalue weighted by atomic mass is 10.1. The van der Waals surface area contributed by atoms with Crippen molar-refractivity contribution in [1.29, 1.82) is 0 Å². The molecule has 1 saturated heterocycles. The van der Waals surface area contributed by atoms with Gasteiger partial charge in [-0.25, -0.2) is 0 Å². The van der Waals surface area contributed by atoms with Gasteiger partial charge in [-0.2, -0.15) is 0 Å². The van der Waals surface area contributed by atoms with E-state index in [0.29, 0.717) is 18.7 Å². The molecule has 0 radical (unpaired) electrons. The van der Waals surface area contributed by atoms with Crippen LogP contribution in [0, 0.1) is 0 Å². The molecule has 23 heavy (non-hydrogen) atoms. The molecule has 0 saturated carbocycles. The van der Waals surface area contributed by atoms with Gasteiger partial charge < -0.3 is 15.4 Å². The molecular formula is C19H22N2O2. The number of carbonyl (C=O) groups excluding carboxylic acids is 1. The molecule has 2 aromatic carbocycles. The number of rotatable bonds is 5. The third-order valence-corrected chi connectivity index (χ3v) is 4.10. The Labute approximate surface area is 136 Å². The molecule has 0 aromatic heterocycles. The van der Waals surface area contributed by atoms with E-state index in [-0.39, 0.29) is 11.9 Å². The summed E-state index contributed by atoms with van der Waals surface area (Å²) < 4.78 is 5.79. The molecule has 0 aliphatic carbocycles. The molecule has 2 N–H and O–H groups in total. The predicted octanol–water partition coefficient (Wildman–Crippen LogP) is 2.48. The standard InChI is InChI=1S/C19H22N2O2/c20-17-9-11-21(14-17)19(22)16-7-4-8-18(13-16)23-12-10-15-5-2-1-3-6-15/h1-8,13,17H,9-12,14,20H2/t17-/m1/s1. The first-order valence-electron chi connectivity index (χ1n) is 8.04. The highest BCUT2D eigenvalue weighted by Crippen LogP contribution is 2.18. The number of benzene rings is 2. The lowest BCUT2D eigenvalue weighted by Crippen LogP contribution is -2.31. The Morgan fingerprint density at radius 1 is 1.17 bits per heavy atom. The summed E-state index contributed by atoms with van der Waals surface area (Å²) in [6.45, 7) is 1.97. The van der Waals surface area contributed by atoms with Crippen molar-refractivity contribution < 1.29 is 9.53 Å². The molecule has 120 valence electrons. The smallest absolute Gasteiger partial charge is 0.254 e. The van der Waals surface area contributed by atoms with Crippen LogP contribution in [0.15, 0.2) is 54.6 Å². The lowest BCUT2D eigenvalue weighted by molar-refractivity contribution is 0.0790. The van der Waals surface area contributed by atoms with Crippen LogP contribution in [0.2, 0.25) is 0 Å². The summed E-state index contributed by atoms with van der Waals surface area (Å²) in [5.41, 5.74) is 7.78. The SMILES string of the molecule is N[C@@H]1CCN(C(=O)c2cccc(OCCc3ccccc3)c2)C1. The van der Waals surface area contributed by atoms with Crippen molar-refractivity contribution in [2.75, 3.05) is 19.7 Å². The molecule has 1 aliphatic heterocycles. The van der Waals surface area contributed by atoms with Crippen LogP contribution in [-0.4, -0.2) is 36.5 Å². The summed E-state index contributed by atoms with van der Waals surface area (Å²) >= 11 is 0. The molecule has 1 amide bonds. The van der Waals surface area contributed by atoms with Gasteiger partial charge in [-0.1, -0.05) is 36.4 Å². The Balaban J connectivity index is 1.58. The number of hydrogen-bond acceptors (Lipinski definition) is 3. The average molecular weight is 310 g/mol. The van der Waals surface area contributed by atoms with E-state index < -0.39 is 0 Å². The molecule has 2 aromatic rings. The quantitative estimate of drug-likeness (QED) is 0.923. The van der Waals surface area contributed by atoms with E-state index in [0.717, 1.165) is 25.1 Å². The maximum absolute atomic E-state index is 12.5. The maximum Gasteiger partial charge on any atom is 0.254 e. The zero-order valence-electron chi connectivity index (χ0n) is 13.2. The molecule has 1 fully saturated rings. The zero-order valence-corrected chi connectivity index (χ0v) is 13.2. The van der Waals surface area contributed by atoms with E-state index in [1.54, 1.807) is 0 Å². The van der Waals surface area contributed by atoms with Crippen LogP contribution in [0.25, 0.3) is 0 Å². The number of carbonyl (C=O) groups is 1. The van der Waals surface area contributed by atoms with Crippen LogP contribution in [0.3, 0.4) is 0 Å². The number of nitrogens with two attached hydrogens (primary N) is 1. The largest absolute Gasteiger partial charge is 0.493 e. The van der Waals surface area contributed by atoms with E-state index in [9.17, 15) is 4.79 Å². The van der Waals surface area contributed by atoms with Gasteiger partial charge in [-0.3, -0.25) is 4.79 Å². The average Bonchev–Trinajstić information content (AvgIpc) is 3.02. The van der Waals surface area contributed by atoms with Crippen molar-refractivity contribution in [2.24, 2.45) is 5.73 Å². The second-order valence-electron chi connectivity index (χ2n) is 5.91. The minimum Gasteiger partial charge on any atom is -0.493 e. The van der Waals surface area contributed by atoms with E-state index in [2.05, 4.69) is 12.1 Å². The summed E-state index contributed by atoms with van der Waals surface area (Å²) in [7, 11) is 0. The molecule has 1 aliphatic rings. The van der Waals surface area contributed by atoms with Gasteiger partial charge in [0, 0.05) is 31.1 Å². The fourth-order valence-electron chi connectivity index (χ4n) is 2.80. The third-order valence-electron chi connectivity index (χ3n) is 4.10. The second kappa shape index (κ2) is 7.29. The van der Waals surface area contributed by atoms with Gasteiger partial charge in [0.1, 0.15) is 5.75 Å². The first-order chi connectivity index (χ1) is 11.2. The number of ether oxygens (including phenoxy) is 1. The van der Waals surface area contributed by atoms with Crippen LogP contribution in [-0.2, 0) is 6.42 Å². The lowest BCUT2D eigenvalue weighted by Gasteiger charge is -2.16. The minimum atomic E-state index is 0.0338. The molecule has 0 unspecified atom stereocenters. The van der Waals surface area contributed by atoms with Crippen molar-refractivity contribution >= 4 is 5.91 Å². The van der Waals surface area contributed by atoms with Gasteiger partial charge >= 0.3 is 0 Å². The Bertz CT molecular complexity index is 657. The zero-order chi connectivity index (χ0) is 16.1. The highest BCUT2D eigenvalue weighted by Gasteiger charge is 2.24. The molecule has 1 atom stereocenters. The minimum absolute atomic E-state index is 0.0338. The normalized spacial score (nSPS) is 17.3. The fourth-order valence-corrected chi connectivity index (χ4v) is 2.80. The van der Waals surface area contributed by atoms with Crippen LogP contribution >= 0.6 is 0 Å². The van der Waals surface area contributed by atoms with E-state index in [1.165, 1.54) is 5.56 Å². The summed E-state index contributed by atoms with van der Waals surface area (Å²) in [5.74, 6) is 0.765. The van der Waals surface area contributed by atoms with Gasteiger partial charge in [0.25, 0.3) is 5.91 Å². The van der Waals surface area contributed by atoms with Crippen molar-refractivity contribution in [3.8, 4) is 5.75 Å². The van der Waals surface area contributed by atoms with E-state index in [1.807, 2.05) is 47.4 Å². The molecule has 0 bridgehead atoms. The van der Waals surface area contributed by atoms with Crippen molar-refractivity contribution in [1.82, 2.24) is 4.90 Å². The number of likely N-dealkylation sites (tertiary alicyclic amines) is 1. The van der Waals surface area contributed by atoms with Crippen LogP contribution in [0.5, 0.6) is 5.75 Å². The molecule has 3 rings (SSSR count). The van der Waals surface area contributed by atoms with Crippen LogP contribution in [0.1, 0.15) is 22.3 Å². The maximum atomic E-state index is 12.5. The molecule has 0 spiro atoms. The Morgan fingerprint density at radius 2 is 2.00 bits per heavy atom. The third kappa shape index (κ3) is 4.11. The van der Waals surface area contributed by atoms with Crippen molar-refractivity contribution in [3.05, 3.63) is 65.7 Å². The summed E-state index contributed by atoms with van der Waals surface area (Å²) in [5, 5.41) is 0. The Kier molecular flexibility index (Phi) is 4.93. The summed E-state index contributed by atoms with van der Waals surface area (Å²) in [4.78, 5) is 14.3. The second-order valence-corrected chi connectivity index (χ2v) is 5.91.